The third kappa shape index (κ3) is 9.31. The molecule has 1 aliphatic heterocycles. The monoisotopic (exact) mass is 790 g/mol. The van der Waals surface area contributed by atoms with Gasteiger partial charge in [0.15, 0.2) is 6.29 Å². The summed E-state index contributed by atoms with van der Waals surface area (Å²) in [5.41, 5.74) is -1.91. The molecular formula is C37H45BrClFN4O7. The number of ether oxygens (including phenoxy) is 3. The van der Waals surface area contributed by atoms with Gasteiger partial charge in [0, 0.05) is 28.2 Å². The number of alkyl carbamates (subject to hydrolysis) is 1. The van der Waals surface area contributed by atoms with Crippen molar-refractivity contribution in [3.8, 4) is 11.5 Å². The van der Waals surface area contributed by atoms with Crippen LogP contribution in [-0.4, -0.2) is 60.6 Å². The molecule has 1 heterocycles. The normalized spacial score (nSPS) is 18.3. The van der Waals surface area contributed by atoms with Gasteiger partial charge in [0.25, 0.3) is 11.8 Å². The van der Waals surface area contributed by atoms with Crippen LogP contribution in [0.15, 0.2) is 59.1 Å². The Kier molecular flexibility index (Phi) is 12.3. The molecule has 1 unspecified atom stereocenters. The average Bonchev–Trinajstić information content (AvgIpc) is 3.28. The van der Waals surface area contributed by atoms with Gasteiger partial charge in [-0.2, -0.15) is 0 Å². The van der Waals surface area contributed by atoms with Crippen molar-refractivity contribution in [1.29, 1.82) is 0 Å². The van der Waals surface area contributed by atoms with Gasteiger partial charge in [-0.3, -0.25) is 25.1 Å². The molecule has 0 radical (unpaired) electrons. The fourth-order valence-electron chi connectivity index (χ4n) is 6.14. The van der Waals surface area contributed by atoms with E-state index in [0.29, 0.717) is 27.1 Å². The molecule has 11 nitrogen and oxygen atoms in total. The summed E-state index contributed by atoms with van der Waals surface area (Å²) in [5.74, 6) is -0.672. The Morgan fingerprint density at radius 3 is 2.35 bits per heavy atom. The van der Waals surface area contributed by atoms with Crippen LogP contribution < -0.4 is 25.4 Å². The van der Waals surface area contributed by atoms with Gasteiger partial charge in [-0.15, -0.1) is 0 Å². The first-order valence-electron chi connectivity index (χ1n) is 16.3. The van der Waals surface area contributed by atoms with E-state index in [1.165, 1.54) is 43.4 Å². The van der Waals surface area contributed by atoms with Crippen molar-refractivity contribution in [2.75, 3.05) is 20.8 Å². The molecule has 0 bridgehead atoms. The number of hydrogen-bond acceptors (Lipinski definition) is 8. The van der Waals surface area contributed by atoms with Crippen molar-refractivity contribution in [2.24, 2.45) is 5.41 Å². The Labute approximate surface area is 311 Å². The first kappa shape index (κ1) is 39.9. The SMILES string of the molecule is COc1ccc(CNC(=O)c2cc([C@@H](CO)N3C(=O)[C@@](CC(C)(C)C)(c4ccc(Br)cc4F)NC3NC(=O)OC(C)(C)C)ccc2Cl)c(OC)c1. The minimum atomic E-state index is -1.68. The van der Waals surface area contributed by atoms with Crippen LogP contribution in [0.2, 0.25) is 5.02 Å². The van der Waals surface area contributed by atoms with Crippen LogP contribution >= 0.6 is 27.5 Å². The molecule has 276 valence electrons. The van der Waals surface area contributed by atoms with E-state index in [4.69, 9.17) is 25.8 Å². The van der Waals surface area contributed by atoms with Gasteiger partial charge in [-0.25, -0.2) is 9.18 Å². The van der Waals surface area contributed by atoms with Gasteiger partial charge in [0.05, 0.1) is 37.5 Å². The zero-order valence-corrected chi connectivity index (χ0v) is 32.3. The second-order valence-corrected chi connectivity index (χ2v) is 15.8. The molecule has 3 aromatic carbocycles. The van der Waals surface area contributed by atoms with Crippen molar-refractivity contribution in [3.63, 3.8) is 0 Å². The van der Waals surface area contributed by atoms with Gasteiger partial charge in [-0.05, 0) is 74.6 Å². The van der Waals surface area contributed by atoms with Crippen molar-refractivity contribution in [1.82, 2.24) is 20.9 Å². The molecule has 0 aliphatic carbocycles. The summed E-state index contributed by atoms with van der Waals surface area (Å²) >= 11 is 9.81. The minimum absolute atomic E-state index is 0.0611. The standard InChI is InChI=1S/C37H45BrClFN4O7/c1-35(2,3)20-37(26-13-11-23(38)16-28(26)40)32(47)44(33(43-37)42-34(48)51-36(4,5)6)29(19-45)21-10-14-27(39)25(15-21)31(46)41-18-22-9-12-24(49-7)17-30(22)50-8/h9-17,29,33,43,45H,18-20H2,1-8H3,(H,41,46)(H,42,48)/t29-,33?,37-/m1/s1. The highest BCUT2D eigenvalue weighted by molar-refractivity contribution is 9.10. The zero-order valence-electron chi connectivity index (χ0n) is 29.9. The smallest absolute Gasteiger partial charge is 0.410 e. The fraction of sp³-hybridized carbons (Fsp3) is 0.432. The molecule has 3 aromatic rings. The Bertz CT molecular complexity index is 1780. The third-order valence-electron chi connectivity index (χ3n) is 8.16. The van der Waals surface area contributed by atoms with Gasteiger partial charge < -0.3 is 24.6 Å². The molecule has 14 heteroatoms. The van der Waals surface area contributed by atoms with Crippen LogP contribution in [0.4, 0.5) is 9.18 Å². The summed E-state index contributed by atoms with van der Waals surface area (Å²) in [4.78, 5) is 42.9. The van der Waals surface area contributed by atoms with Crippen molar-refractivity contribution < 1.29 is 38.1 Å². The Balaban J connectivity index is 1.77. The number of rotatable bonds is 11. The van der Waals surface area contributed by atoms with Gasteiger partial charge >= 0.3 is 6.09 Å². The Morgan fingerprint density at radius 1 is 1.06 bits per heavy atom. The van der Waals surface area contributed by atoms with Crippen molar-refractivity contribution in [2.45, 2.75) is 78.0 Å². The number of amides is 3. The van der Waals surface area contributed by atoms with Crippen molar-refractivity contribution in [3.05, 3.63) is 92.2 Å². The number of nitrogens with one attached hydrogen (secondary N) is 3. The van der Waals surface area contributed by atoms with Crippen LogP contribution in [0.25, 0.3) is 0 Å². The van der Waals surface area contributed by atoms with Gasteiger partial charge in [0.1, 0.15) is 28.5 Å². The van der Waals surface area contributed by atoms with E-state index >= 15 is 4.39 Å². The lowest BCUT2D eigenvalue weighted by Gasteiger charge is -2.35. The van der Waals surface area contributed by atoms with Crippen LogP contribution in [0.5, 0.6) is 11.5 Å². The Hall–Kier alpha value is -3.91. The predicted molar refractivity (Wildman–Crippen MR) is 195 cm³/mol. The number of halogens is 3. The van der Waals surface area contributed by atoms with E-state index in [2.05, 4.69) is 31.9 Å². The predicted octanol–water partition coefficient (Wildman–Crippen LogP) is 6.79. The molecule has 0 aromatic heterocycles. The number of nitrogens with zero attached hydrogens (tertiary/aromatic N) is 1. The van der Waals surface area contributed by atoms with Crippen LogP contribution in [0, 0.1) is 11.2 Å². The van der Waals surface area contributed by atoms with Crippen molar-refractivity contribution >= 4 is 45.4 Å². The van der Waals surface area contributed by atoms with E-state index in [0.717, 1.165) is 0 Å². The summed E-state index contributed by atoms with van der Waals surface area (Å²) in [6.07, 6.45) is -2.01. The number of methoxy groups -OCH3 is 2. The molecule has 0 saturated carbocycles. The largest absolute Gasteiger partial charge is 0.497 e. The first-order valence-corrected chi connectivity index (χ1v) is 17.4. The number of hydrogen-bond donors (Lipinski definition) is 4. The van der Waals surface area contributed by atoms with Crippen LogP contribution in [0.1, 0.15) is 81.1 Å². The second-order valence-electron chi connectivity index (χ2n) is 14.5. The lowest BCUT2D eigenvalue weighted by molar-refractivity contribution is -0.138. The molecule has 4 N–H and O–H groups in total. The Morgan fingerprint density at radius 2 is 1.76 bits per heavy atom. The number of carbonyl (C=O) groups excluding carboxylic acids is 3. The topological polar surface area (TPSA) is 138 Å². The number of benzene rings is 3. The summed E-state index contributed by atoms with van der Waals surface area (Å²) in [6.45, 7) is 10.3. The molecule has 51 heavy (non-hydrogen) atoms. The van der Waals surface area contributed by atoms with Gasteiger partial charge in [-0.1, -0.05) is 60.4 Å². The van der Waals surface area contributed by atoms with E-state index in [-0.39, 0.29) is 29.1 Å². The lowest BCUT2D eigenvalue weighted by Crippen LogP contribution is -2.54. The highest BCUT2D eigenvalue weighted by atomic mass is 79.9. The van der Waals surface area contributed by atoms with Crippen LogP contribution in [0.3, 0.4) is 0 Å². The first-order chi connectivity index (χ1) is 23.8. The van der Waals surface area contributed by atoms with E-state index in [1.54, 1.807) is 51.1 Å². The quantitative estimate of drug-likeness (QED) is 0.167. The molecular weight excluding hydrogens is 747 g/mol. The lowest BCUT2D eigenvalue weighted by atomic mass is 9.75. The molecule has 3 amide bonds. The minimum Gasteiger partial charge on any atom is -0.497 e. The molecule has 4 rings (SSSR count). The van der Waals surface area contributed by atoms with E-state index < -0.39 is 59.2 Å². The molecule has 0 spiro atoms. The number of carbonyl (C=O) groups is 3. The molecule has 3 atom stereocenters. The fourth-order valence-corrected chi connectivity index (χ4v) is 6.68. The molecule has 1 fully saturated rings. The van der Waals surface area contributed by atoms with Gasteiger partial charge in [0.2, 0.25) is 0 Å². The highest BCUT2D eigenvalue weighted by Crippen LogP contribution is 2.44. The third-order valence-corrected chi connectivity index (χ3v) is 8.99. The summed E-state index contributed by atoms with van der Waals surface area (Å²) < 4.78 is 32.5. The van der Waals surface area contributed by atoms with E-state index in [1.807, 2.05) is 20.8 Å². The summed E-state index contributed by atoms with van der Waals surface area (Å²) in [7, 11) is 3.05. The van der Waals surface area contributed by atoms with Crippen LogP contribution in [-0.2, 0) is 21.6 Å². The zero-order chi connectivity index (χ0) is 37.9. The number of aliphatic hydroxyl groups is 1. The number of aliphatic hydroxyl groups excluding tert-OH is 1. The maximum absolute atomic E-state index is 15.8. The second kappa shape index (κ2) is 15.8. The summed E-state index contributed by atoms with van der Waals surface area (Å²) in [6, 6.07) is 13.0. The maximum atomic E-state index is 15.8. The molecule has 1 aliphatic rings. The molecule has 1 saturated heterocycles. The average molecular weight is 792 g/mol. The maximum Gasteiger partial charge on any atom is 0.410 e. The highest BCUT2D eigenvalue weighted by Gasteiger charge is 2.57. The van der Waals surface area contributed by atoms with E-state index in [9.17, 15) is 19.5 Å². The summed E-state index contributed by atoms with van der Waals surface area (Å²) in [5, 5.41) is 19.8.